The van der Waals surface area contributed by atoms with Crippen molar-refractivity contribution >= 4 is 0 Å². The molecular weight excluding hydrogens is 110 g/mol. The predicted molar refractivity (Wildman–Crippen MR) is 37.9 cm³/mol. The van der Waals surface area contributed by atoms with Crippen molar-refractivity contribution in [3.63, 3.8) is 0 Å². The van der Waals surface area contributed by atoms with Gasteiger partial charge in [-0.05, 0) is 17.6 Å². The van der Waals surface area contributed by atoms with Gasteiger partial charge in [-0.2, -0.15) is 0 Å². The van der Waals surface area contributed by atoms with Gasteiger partial charge in [-0.3, -0.25) is 0 Å². The molecule has 0 radical (unpaired) electrons. The van der Waals surface area contributed by atoms with Gasteiger partial charge in [0.1, 0.15) is 0 Å². The molecule has 0 spiro atoms. The molecule has 0 saturated heterocycles. The van der Waals surface area contributed by atoms with Crippen molar-refractivity contribution in [2.24, 2.45) is 5.73 Å². The van der Waals surface area contributed by atoms with E-state index in [1.54, 1.807) is 0 Å². The van der Waals surface area contributed by atoms with Crippen LogP contribution in [0.1, 0.15) is 6.42 Å². The summed E-state index contributed by atoms with van der Waals surface area (Å²) < 4.78 is 0. The molecule has 0 amide bonds. The molecule has 0 bridgehead atoms. The molecule has 1 nitrogen and oxygen atoms in total. The first-order valence-corrected chi connectivity index (χ1v) is 3.22. The number of allylic oxidation sites excluding steroid dienone is 3. The zero-order valence-electron chi connectivity index (χ0n) is 5.17. The summed E-state index contributed by atoms with van der Waals surface area (Å²) in [6, 6.07) is 0.273. The van der Waals surface area contributed by atoms with Crippen molar-refractivity contribution in [2.75, 3.05) is 0 Å². The van der Waals surface area contributed by atoms with E-state index in [1.165, 1.54) is 11.1 Å². The Labute approximate surface area is 54.6 Å². The topological polar surface area (TPSA) is 26.0 Å². The highest BCUT2D eigenvalue weighted by molar-refractivity contribution is 5.54. The molecule has 46 valence electrons. The fraction of sp³-hybridized carbons (Fsp3) is 0.250. The lowest BCUT2D eigenvalue weighted by molar-refractivity contribution is 0.834. The minimum Gasteiger partial charge on any atom is -0.324 e. The second-order valence-corrected chi connectivity index (χ2v) is 2.48. The number of hydrogen-bond acceptors (Lipinski definition) is 1. The van der Waals surface area contributed by atoms with Crippen LogP contribution in [0.2, 0.25) is 0 Å². The van der Waals surface area contributed by atoms with Crippen molar-refractivity contribution in [1.29, 1.82) is 0 Å². The number of fused-ring (bicyclic) bond motifs is 1. The van der Waals surface area contributed by atoms with Gasteiger partial charge < -0.3 is 5.73 Å². The molecule has 1 unspecified atom stereocenters. The average molecular weight is 119 g/mol. The molecule has 0 aromatic carbocycles. The first-order valence-electron chi connectivity index (χ1n) is 3.22. The van der Waals surface area contributed by atoms with Gasteiger partial charge in [0.15, 0.2) is 0 Å². The molecule has 2 N–H and O–H groups in total. The van der Waals surface area contributed by atoms with Gasteiger partial charge in [0, 0.05) is 6.04 Å². The van der Waals surface area contributed by atoms with E-state index < -0.39 is 0 Å². The van der Waals surface area contributed by atoms with Gasteiger partial charge >= 0.3 is 0 Å². The van der Waals surface area contributed by atoms with E-state index in [0.717, 1.165) is 6.42 Å². The molecule has 0 aromatic rings. The molecule has 9 heavy (non-hydrogen) atoms. The molecule has 0 aliphatic heterocycles. The third kappa shape index (κ3) is 0.583. The van der Waals surface area contributed by atoms with Crippen LogP contribution in [0, 0.1) is 0 Å². The van der Waals surface area contributed by atoms with Crippen LogP contribution in [0.5, 0.6) is 0 Å². The molecular formula is C8H9N. The Morgan fingerprint density at radius 3 is 3.22 bits per heavy atom. The maximum atomic E-state index is 5.76. The van der Waals surface area contributed by atoms with Gasteiger partial charge in [-0.15, -0.1) is 0 Å². The first-order chi connectivity index (χ1) is 4.38. The molecule has 2 aliphatic carbocycles. The Morgan fingerprint density at radius 1 is 1.56 bits per heavy atom. The molecule has 1 heteroatoms. The van der Waals surface area contributed by atoms with E-state index in [-0.39, 0.29) is 6.04 Å². The molecule has 2 aliphatic rings. The lowest BCUT2D eigenvalue weighted by Gasteiger charge is -2.01. The zero-order valence-corrected chi connectivity index (χ0v) is 5.17. The van der Waals surface area contributed by atoms with Crippen molar-refractivity contribution < 1.29 is 0 Å². The maximum absolute atomic E-state index is 5.76. The van der Waals surface area contributed by atoms with E-state index in [9.17, 15) is 0 Å². The summed E-state index contributed by atoms with van der Waals surface area (Å²) in [4.78, 5) is 0. The molecule has 0 aromatic heterocycles. The molecule has 0 fully saturated rings. The Morgan fingerprint density at radius 2 is 2.44 bits per heavy atom. The minimum absolute atomic E-state index is 0.273. The molecule has 2 rings (SSSR count). The lowest BCUT2D eigenvalue weighted by atomic mass is 10.1. The lowest BCUT2D eigenvalue weighted by Crippen LogP contribution is -2.17. The van der Waals surface area contributed by atoms with Crippen LogP contribution in [-0.4, -0.2) is 6.04 Å². The molecule has 0 saturated carbocycles. The van der Waals surface area contributed by atoms with Crippen LogP contribution in [0.15, 0.2) is 35.5 Å². The monoisotopic (exact) mass is 119 g/mol. The Hall–Kier alpha value is -0.820. The van der Waals surface area contributed by atoms with Gasteiger partial charge in [0.2, 0.25) is 0 Å². The maximum Gasteiger partial charge on any atom is 0.0335 e. The summed E-state index contributed by atoms with van der Waals surface area (Å²) in [5, 5.41) is 0. The summed E-state index contributed by atoms with van der Waals surface area (Å²) in [5.41, 5.74) is 8.41. The van der Waals surface area contributed by atoms with Gasteiger partial charge in [-0.25, -0.2) is 0 Å². The summed E-state index contributed by atoms with van der Waals surface area (Å²) in [6.07, 6.45) is 9.48. The molecule has 0 heterocycles. The highest BCUT2D eigenvalue weighted by Crippen LogP contribution is 2.28. The van der Waals surface area contributed by atoms with E-state index >= 15 is 0 Å². The third-order valence-corrected chi connectivity index (χ3v) is 1.88. The second kappa shape index (κ2) is 1.58. The Balaban J connectivity index is 2.42. The van der Waals surface area contributed by atoms with Crippen molar-refractivity contribution in [2.45, 2.75) is 12.5 Å². The summed E-state index contributed by atoms with van der Waals surface area (Å²) in [7, 11) is 0. The van der Waals surface area contributed by atoms with Gasteiger partial charge in [-0.1, -0.05) is 24.3 Å². The van der Waals surface area contributed by atoms with E-state index in [4.69, 9.17) is 5.73 Å². The fourth-order valence-corrected chi connectivity index (χ4v) is 1.35. The zero-order chi connectivity index (χ0) is 6.27. The molecule has 1 atom stereocenters. The standard InChI is InChI=1S/C8H9N/c9-8-5-4-6-2-1-3-7(6)8/h1-4,8H,5,9H2. The predicted octanol–water partition coefficient (Wildman–Crippen LogP) is 1.14. The highest BCUT2D eigenvalue weighted by Gasteiger charge is 2.18. The number of nitrogens with two attached hydrogens (primary N) is 1. The smallest absolute Gasteiger partial charge is 0.0335 e. The van der Waals surface area contributed by atoms with E-state index in [1.807, 2.05) is 0 Å². The van der Waals surface area contributed by atoms with Crippen molar-refractivity contribution in [1.82, 2.24) is 0 Å². The van der Waals surface area contributed by atoms with Gasteiger partial charge in [0.05, 0.1) is 0 Å². The fourth-order valence-electron chi connectivity index (χ4n) is 1.35. The van der Waals surface area contributed by atoms with Crippen molar-refractivity contribution in [3.05, 3.63) is 35.5 Å². The van der Waals surface area contributed by atoms with Crippen LogP contribution in [0.25, 0.3) is 0 Å². The number of rotatable bonds is 0. The summed E-state index contributed by atoms with van der Waals surface area (Å²) >= 11 is 0. The average Bonchev–Trinajstić information content (AvgIpc) is 2.35. The highest BCUT2D eigenvalue weighted by atomic mass is 14.6. The Bertz CT molecular complexity index is 221. The SMILES string of the molecule is NC1CC=C2C=CC=C21. The summed E-state index contributed by atoms with van der Waals surface area (Å²) in [5.74, 6) is 0. The Kier molecular flexibility index (Phi) is 0.878. The van der Waals surface area contributed by atoms with E-state index in [0.29, 0.717) is 0 Å². The van der Waals surface area contributed by atoms with Crippen LogP contribution < -0.4 is 5.73 Å². The summed E-state index contributed by atoms with van der Waals surface area (Å²) in [6.45, 7) is 0. The van der Waals surface area contributed by atoms with Crippen LogP contribution in [-0.2, 0) is 0 Å². The largest absolute Gasteiger partial charge is 0.324 e. The van der Waals surface area contributed by atoms with Crippen LogP contribution in [0.4, 0.5) is 0 Å². The normalized spacial score (nSPS) is 30.1. The van der Waals surface area contributed by atoms with Crippen LogP contribution in [0.3, 0.4) is 0 Å². The van der Waals surface area contributed by atoms with E-state index in [2.05, 4.69) is 24.3 Å². The third-order valence-electron chi connectivity index (χ3n) is 1.88. The van der Waals surface area contributed by atoms with Crippen molar-refractivity contribution in [3.8, 4) is 0 Å². The minimum atomic E-state index is 0.273. The number of hydrogen-bond donors (Lipinski definition) is 1. The van der Waals surface area contributed by atoms with Crippen LogP contribution >= 0.6 is 0 Å². The quantitative estimate of drug-likeness (QED) is 0.508. The first kappa shape index (κ1) is 5.00. The second-order valence-electron chi connectivity index (χ2n) is 2.48. The van der Waals surface area contributed by atoms with Gasteiger partial charge in [0.25, 0.3) is 0 Å².